The van der Waals surface area contributed by atoms with Gasteiger partial charge in [-0.15, -0.1) is 0 Å². The average molecular weight is 336 g/mol. The predicted molar refractivity (Wildman–Crippen MR) is 89.2 cm³/mol. The second-order valence-corrected chi connectivity index (χ2v) is 5.81. The molecule has 1 saturated heterocycles. The topological polar surface area (TPSA) is 49.9 Å². The van der Waals surface area contributed by atoms with E-state index in [-0.39, 0.29) is 17.4 Å². The van der Waals surface area contributed by atoms with Crippen LogP contribution in [0, 0.1) is 5.82 Å². The van der Waals surface area contributed by atoms with Crippen molar-refractivity contribution in [2.45, 2.75) is 26.2 Å². The van der Waals surface area contributed by atoms with Crippen molar-refractivity contribution in [3.8, 4) is 0 Å². The zero-order chi connectivity index (χ0) is 17.4. The van der Waals surface area contributed by atoms with E-state index in [1.165, 1.54) is 12.1 Å². The molecular formula is C18H25FN2O3. The highest BCUT2D eigenvalue weighted by Gasteiger charge is 2.23. The van der Waals surface area contributed by atoms with Crippen LogP contribution in [0.1, 0.15) is 36.5 Å². The summed E-state index contributed by atoms with van der Waals surface area (Å²) in [5.41, 5.74) is 0.0917. The molecule has 0 spiro atoms. The highest BCUT2D eigenvalue weighted by molar-refractivity contribution is 5.94. The normalized spacial score (nSPS) is 15.2. The van der Waals surface area contributed by atoms with E-state index in [9.17, 15) is 14.0 Å². The molecule has 5 nitrogen and oxygen atoms in total. The van der Waals surface area contributed by atoms with Gasteiger partial charge in [0.05, 0.1) is 5.56 Å². The Bertz CT molecular complexity index is 565. The van der Waals surface area contributed by atoms with Gasteiger partial charge in [-0.1, -0.05) is 12.1 Å². The lowest BCUT2D eigenvalue weighted by Crippen LogP contribution is -2.37. The fraction of sp³-hybridized carbons (Fsp3) is 0.556. The number of nitrogens with zero attached hydrogens (tertiary/aromatic N) is 2. The average Bonchev–Trinajstić information content (AvgIpc) is 2.84. The van der Waals surface area contributed by atoms with Crippen molar-refractivity contribution in [3.05, 3.63) is 35.6 Å². The van der Waals surface area contributed by atoms with Gasteiger partial charge in [-0.05, 0) is 31.9 Å². The molecule has 0 N–H and O–H groups in total. The van der Waals surface area contributed by atoms with Gasteiger partial charge in [-0.3, -0.25) is 9.59 Å². The second kappa shape index (κ2) is 9.37. The molecule has 1 aromatic carbocycles. The van der Waals surface area contributed by atoms with E-state index < -0.39 is 5.82 Å². The minimum absolute atomic E-state index is 0.0917. The Morgan fingerprint density at radius 3 is 2.58 bits per heavy atom. The highest BCUT2D eigenvalue weighted by Crippen LogP contribution is 2.13. The van der Waals surface area contributed by atoms with E-state index in [0.29, 0.717) is 58.7 Å². The molecule has 0 radical (unpaired) electrons. The Hall–Kier alpha value is -1.95. The molecular weight excluding hydrogens is 311 g/mol. The maximum atomic E-state index is 13.8. The fourth-order valence-corrected chi connectivity index (χ4v) is 2.80. The molecule has 1 fully saturated rings. The summed E-state index contributed by atoms with van der Waals surface area (Å²) in [5.74, 6) is -0.718. The van der Waals surface area contributed by atoms with Crippen LogP contribution in [0.4, 0.5) is 4.39 Å². The van der Waals surface area contributed by atoms with Gasteiger partial charge in [0.25, 0.3) is 5.91 Å². The largest absolute Gasteiger partial charge is 0.382 e. The number of ether oxygens (including phenoxy) is 1. The van der Waals surface area contributed by atoms with Crippen molar-refractivity contribution in [2.24, 2.45) is 0 Å². The number of carbonyl (C=O) groups is 2. The molecule has 1 heterocycles. The summed E-state index contributed by atoms with van der Waals surface area (Å²) in [6, 6.07) is 6.01. The number of amides is 2. The Kier molecular flexibility index (Phi) is 7.18. The number of hydrogen-bond donors (Lipinski definition) is 0. The van der Waals surface area contributed by atoms with Crippen molar-refractivity contribution in [2.75, 3.05) is 39.4 Å². The van der Waals surface area contributed by atoms with Crippen molar-refractivity contribution in [1.29, 1.82) is 0 Å². The first-order chi connectivity index (χ1) is 11.6. The molecule has 1 aliphatic heterocycles. The Labute approximate surface area is 142 Å². The molecule has 0 aliphatic carbocycles. The molecule has 0 saturated carbocycles. The third-order valence-electron chi connectivity index (χ3n) is 4.12. The summed E-state index contributed by atoms with van der Waals surface area (Å²) in [7, 11) is 0. The monoisotopic (exact) mass is 336 g/mol. The summed E-state index contributed by atoms with van der Waals surface area (Å²) in [6.07, 6.45) is 1.87. The molecule has 24 heavy (non-hydrogen) atoms. The van der Waals surface area contributed by atoms with Gasteiger partial charge in [0.1, 0.15) is 5.82 Å². The van der Waals surface area contributed by atoms with Crippen LogP contribution in [0.2, 0.25) is 0 Å². The van der Waals surface area contributed by atoms with E-state index in [0.717, 1.165) is 0 Å². The summed E-state index contributed by atoms with van der Waals surface area (Å²) in [6.45, 7) is 5.28. The van der Waals surface area contributed by atoms with Crippen molar-refractivity contribution in [1.82, 2.24) is 9.80 Å². The standard InChI is InChI=1S/C18H25FN2O3/c1-2-24-14-5-9-17(22)20-10-6-11-21(13-12-20)18(23)15-7-3-4-8-16(15)19/h3-4,7-8H,2,5-6,9-14H2,1H3. The van der Waals surface area contributed by atoms with Crippen LogP contribution in [0.3, 0.4) is 0 Å². The number of benzene rings is 1. The zero-order valence-electron chi connectivity index (χ0n) is 14.2. The molecule has 132 valence electrons. The summed E-state index contributed by atoms with van der Waals surface area (Å²) < 4.78 is 19.0. The van der Waals surface area contributed by atoms with Gasteiger partial charge < -0.3 is 14.5 Å². The number of hydrogen-bond acceptors (Lipinski definition) is 3. The van der Waals surface area contributed by atoms with Crippen LogP contribution in [-0.4, -0.2) is 61.0 Å². The quantitative estimate of drug-likeness (QED) is 0.749. The number of carbonyl (C=O) groups excluding carboxylic acids is 2. The van der Waals surface area contributed by atoms with Gasteiger partial charge >= 0.3 is 0 Å². The fourth-order valence-electron chi connectivity index (χ4n) is 2.80. The molecule has 0 aromatic heterocycles. The van der Waals surface area contributed by atoms with E-state index >= 15 is 0 Å². The summed E-state index contributed by atoms with van der Waals surface area (Å²) >= 11 is 0. The maximum Gasteiger partial charge on any atom is 0.256 e. The lowest BCUT2D eigenvalue weighted by atomic mass is 10.2. The van der Waals surface area contributed by atoms with Gasteiger partial charge in [-0.25, -0.2) is 4.39 Å². The van der Waals surface area contributed by atoms with Crippen LogP contribution >= 0.6 is 0 Å². The maximum absolute atomic E-state index is 13.8. The first kappa shape index (κ1) is 18.4. The van der Waals surface area contributed by atoms with Crippen LogP contribution in [0.25, 0.3) is 0 Å². The minimum atomic E-state index is -0.504. The smallest absolute Gasteiger partial charge is 0.256 e. The first-order valence-corrected chi connectivity index (χ1v) is 8.52. The van der Waals surface area contributed by atoms with Gasteiger partial charge in [0, 0.05) is 45.8 Å². The van der Waals surface area contributed by atoms with E-state index in [4.69, 9.17) is 4.74 Å². The van der Waals surface area contributed by atoms with Crippen LogP contribution in [-0.2, 0) is 9.53 Å². The molecule has 1 aliphatic rings. The minimum Gasteiger partial charge on any atom is -0.382 e. The Morgan fingerprint density at radius 2 is 1.83 bits per heavy atom. The molecule has 0 atom stereocenters. The van der Waals surface area contributed by atoms with E-state index in [2.05, 4.69) is 0 Å². The third-order valence-corrected chi connectivity index (χ3v) is 4.12. The van der Waals surface area contributed by atoms with E-state index in [1.54, 1.807) is 21.9 Å². The molecule has 0 bridgehead atoms. The van der Waals surface area contributed by atoms with Crippen LogP contribution in [0.5, 0.6) is 0 Å². The van der Waals surface area contributed by atoms with E-state index in [1.807, 2.05) is 6.92 Å². The number of halogens is 1. The predicted octanol–water partition coefficient (Wildman–Crippen LogP) is 2.32. The van der Waals surface area contributed by atoms with Crippen LogP contribution in [0.15, 0.2) is 24.3 Å². The van der Waals surface area contributed by atoms with Crippen molar-refractivity contribution in [3.63, 3.8) is 0 Å². The Morgan fingerprint density at radius 1 is 1.12 bits per heavy atom. The summed E-state index contributed by atoms with van der Waals surface area (Å²) in [4.78, 5) is 28.1. The second-order valence-electron chi connectivity index (χ2n) is 5.81. The summed E-state index contributed by atoms with van der Waals surface area (Å²) in [5, 5.41) is 0. The van der Waals surface area contributed by atoms with Gasteiger partial charge in [-0.2, -0.15) is 0 Å². The molecule has 2 amide bonds. The zero-order valence-corrected chi connectivity index (χ0v) is 14.2. The van der Waals surface area contributed by atoms with Gasteiger partial charge in [0.2, 0.25) is 5.91 Å². The lowest BCUT2D eigenvalue weighted by Gasteiger charge is -2.22. The lowest BCUT2D eigenvalue weighted by molar-refractivity contribution is -0.131. The Balaban J connectivity index is 1.87. The third kappa shape index (κ3) is 5.03. The molecule has 1 aromatic rings. The SMILES string of the molecule is CCOCCCC(=O)N1CCCN(C(=O)c2ccccc2F)CC1. The molecule has 2 rings (SSSR count). The van der Waals surface area contributed by atoms with Crippen molar-refractivity contribution < 1.29 is 18.7 Å². The van der Waals surface area contributed by atoms with Crippen molar-refractivity contribution >= 4 is 11.8 Å². The number of rotatable bonds is 6. The highest BCUT2D eigenvalue weighted by atomic mass is 19.1. The first-order valence-electron chi connectivity index (χ1n) is 8.52. The molecule has 0 unspecified atom stereocenters. The van der Waals surface area contributed by atoms with Crippen LogP contribution < -0.4 is 0 Å². The molecule has 6 heteroatoms. The van der Waals surface area contributed by atoms with Gasteiger partial charge in [0.15, 0.2) is 0 Å².